The summed E-state index contributed by atoms with van der Waals surface area (Å²) in [6.07, 6.45) is 1.22. The van der Waals surface area contributed by atoms with Gasteiger partial charge in [0.2, 0.25) is 5.91 Å². The number of anilines is 2. The molecule has 2 rings (SSSR count). The third-order valence-corrected chi connectivity index (χ3v) is 4.00. The van der Waals surface area contributed by atoms with Crippen LogP contribution in [0.5, 0.6) is 0 Å². The summed E-state index contributed by atoms with van der Waals surface area (Å²) < 4.78 is 0. The van der Waals surface area contributed by atoms with Crippen molar-refractivity contribution < 1.29 is 4.79 Å². The number of amides is 1. The molecular formula is C16H26N4O. The molecule has 1 amide bonds. The number of rotatable bonds is 5. The monoisotopic (exact) mass is 290 g/mol. The molecule has 1 aliphatic rings. The quantitative estimate of drug-likeness (QED) is 0.805. The summed E-state index contributed by atoms with van der Waals surface area (Å²) in [5.41, 5.74) is 8.26. The molecule has 0 aromatic heterocycles. The zero-order valence-electron chi connectivity index (χ0n) is 13.2. The number of nitrogen functional groups attached to an aromatic ring is 1. The van der Waals surface area contributed by atoms with E-state index in [9.17, 15) is 4.79 Å². The maximum Gasteiger partial charge on any atom is 0.238 e. The molecule has 5 heteroatoms. The van der Waals surface area contributed by atoms with Crippen molar-refractivity contribution in [3.8, 4) is 0 Å². The third kappa shape index (κ3) is 4.72. The van der Waals surface area contributed by atoms with Crippen LogP contribution < -0.4 is 11.1 Å². The van der Waals surface area contributed by atoms with Crippen LogP contribution in [0.3, 0.4) is 0 Å². The van der Waals surface area contributed by atoms with Crippen LogP contribution in [-0.4, -0.2) is 56.0 Å². The van der Waals surface area contributed by atoms with Crippen LogP contribution in [0.15, 0.2) is 18.2 Å². The van der Waals surface area contributed by atoms with Crippen molar-refractivity contribution >= 4 is 17.3 Å². The molecule has 1 saturated heterocycles. The fourth-order valence-electron chi connectivity index (χ4n) is 2.94. The fourth-order valence-corrected chi connectivity index (χ4v) is 2.94. The molecule has 116 valence electrons. The van der Waals surface area contributed by atoms with Gasteiger partial charge in [-0.2, -0.15) is 0 Å². The summed E-state index contributed by atoms with van der Waals surface area (Å²) in [6.45, 7) is 5.63. The molecule has 1 heterocycles. The molecule has 0 spiro atoms. The Morgan fingerprint density at radius 3 is 2.90 bits per heavy atom. The second-order valence-corrected chi connectivity index (χ2v) is 6.24. The van der Waals surface area contributed by atoms with Gasteiger partial charge in [-0.25, -0.2) is 0 Å². The lowest BCUT2D eigenvalue weighted by molar-refractivity contribution is -0.117. The predicted molar refractivity (Wildman–Crippen MR) is 87.3 cm³/mol. The molecule has 0 radical (unpaired) electrons. The van der Waals surface area contributed by atoms with Crippen molar-refractivity contribution in [1.82, 2.24) is 9.80 Å². The van der Waals surface area contributed by atoms with E-state index in [1.165, 1.54) is 6.42 Å². The number of likely N-dealkylation sites (tertiary alicyclic amines) is 1. The minimum Gasteiger partial charge on any atom is -0.399 e. The number of carbonyl (C=O) groups excluding carboxylic acids is 1. The van der Waals surface area contributed by atoms with Gasteiger partial charge in [0, 0.05) is 24.5 Å². The number of hydrogen-bond acceptors (Lipinski definition) is 4. The molecule has 0 aliphatic carbocycles. The number of carbonyl (C=O) groups is 1. The first-order chi connectivity index (χ1) is 9.94. The van der Waals surface area contributed by atoms with E-state index in [4.69, 9.17) is 5.73 Å². The highest BCUT2D eigenvalue weighted by molar-refractivity contribution is 5.93. The Hall–Kier alpha value is -1.59. The molecule has 0 bridgehead atoms. The van der Waals surface area contributed by atoms with E-state index in [0.717, 1.165) is 30.9 Å². The van der Waals surface area contributed by atoms with E-state index >= 15 is 0 Å². The second-order valence-electron chi connectivity index (χ2n) is 6.24. The number of benzene rings is 1. The fraction of sp³-hybridized carbons (Fsp3) is 0.562. The molecule has 3 N–H and O–H groups in total. The van der Waals surface area contributed by atoms with Crippen LogP contribution >= 0.6 is 0 Å². The second kappa shape index (κ2) is 6.91. The maximum absolute atomic E-state index is 12.1. The van der Waals surface area contributed by atoms with E-state index in [0.29, 0.717) is 18.2 Å². The van der Waals surface area contributed by atoms with Crippen molar-refractivity contribution in [3.05, 3.63) is 23.8 Å². The summed E-state index contributed by atoms with van der Waals surface area (Å²) in [5, 5.41) is 2.96. The molecule has 1 fully saturated rings. The predicted octanol–water partition coefficient (Wildman–Crippen LogP) is 1.40. The first kappa shape index (κ1) is 15.8. The first-order valence-corrected chi connectivity index (χ1v) is 7.47. The first-order valence-electron chi connectivity index (χ1n) is 7.47. The van der Waals surface area contributed by atoms with Gasteiger partial charge in [-0.3, -0.25) is 9.69 Å². The molecule has 1 aliphatic heterocycles. The molecule has 1 aromatic rings. The highest BCUT2D eigenvalue weighted by atomic mass is 16.2. The van der Waals surface area contributed by atoms with Gasteiger partial charge in [0.05, 0.1) is 6.54 Å². The summed E-state index contributed by atoms with van der Waals surface area (Å²) in [6, 6.07) is 5.53. The minimum absolute atomic E-state index is 0.0247. The summed E-state index contributed by atoms with van der Waals surface area (Å²) >= 11 is 0. The topological polar surface area (TPSA) is 61.6 Å². The lowest BCUT2D eigenvalue weighted by atomic mass is 10.1. The normalized spacial score (nSPS) is 19.1. The average molecular weight is 290 g/mol. The summed E-state index contributed by atoms with van der Waals surface area (Å²) in [7, 11) is 4.16. The van der Waals surface area contributed by atoms with Crippen molar-refractivity contribution in [2.24, 2.45) is 5.92 Å². The van der Waals surface area contributed by atoms with E-state index in [-0.39, 0.29) is 5.91 Å². The average Bonchev–Trinajstić information content (AvgIpc) is 2.78. The van der Waals surface area contributed by atoms with E-state index in [1.54, 1.807) is 6.07 Å². The lowest BCUT2D eigenvalue weighted by Crippen LogP contribution is -2.34. The van der Waals surface area contributed by atoms with E-state index < -0.39 is 0 Å². The highest BCUT2D eigenvalue weighted by Gasteiger charge is 2.21. The molecule has 1 atom stereocenters. The highest BCUT2D eigenvalue weighted by Crippen LogP contribution is 2.18. The Balaban J connectivity index is 1.81. The Morgan fingerprint density at radius 1 is 1.52 bits per heavy atom. The minimum atomic E-state index is 0.0247. The van der Waals surface area contributed by atoms with Crippen LogP contribution in [0.1, 0.15) is 12.0 Å². The SMILES string of the molecule is Cc1cc(N)ccc1NC(=O)CN(C)CC1CCN(C)C1. The van der Waals surface area contributed by atoms with Gasteiger partial charge in [0.15, 0.2) is 0 Å². The summed E-state index contributed by atoms with van der Waals surface area (Å²) in [4.78, 5) is 16.6. The van der Waals surface area contributed by atoms with Gasteiger partial charge < -0.3 is 16.0 Å². The molecule has 21 heavy (non-hydrogen) atoms. The van der Waals surface area contributed by atoms with Crippen molar-refractivity contribution in [3.63, 3.8) is 0 Å². The molecule has 5 nitrogen and oxygen atoms in total. The molecule has 1 aromatic carbocycles. The Morgan fingerprint density at radius 2 is 2.29 bits per heavy atom. The Bertz CT molecular complexity index is 503. The molecule has 0 saturated carbocycles. The Kier molecular flexibility index (Phi) is 5.20. The lowest BCUT2D eigenvalue weighted by Gasteiger charge is -2.20. The van der Waals surface area contributed by atoms with Crippen LogP contribution in [0.4, 0.5) is 11.4 Å². The van der Waals surface area contributed by atoms with Crippen molar-refractivity contribution in [1.29, 1.82) is 0 Å². The van der Waals surface area contributed by atoms with Crippen LogP contribution in [0.25, 0.3) is 0 Å². The number of aryl methyl sites for hydroxylation is 1. The van der Waals surface area contributed by atoms with Gasteiger partial charge in [-0.05, 0) is 63.7 Å². The zero-order valence-corrected chi connectivity index (χ0v) is 13.2. The van der Waals surface area contributed by atoms with Gasteiger partial charge in [0.1, 0.15) is 0 Å². The number of nitrogens with two attached hydrogens (primary N) is 1. The number of hydrogen-bond donors (Lipinski definition) is 2. The molecule has 1 unspecified atom stereocenters. The summed E-state index contributed by atoms with van der Waals surface area (Å²) in [5.74, 6) is 0.697. The molecular weight excluding hydrogens is 264 g/mol. The van der Waals surface area contributed by atoms with E-state index in [1.807, 2.05) is 26.1 Å². The number of nitrogens with one attached hydrogen (secondary N) is 1. The largest absolute Gasteiger partial charge is 0.399 e. The zero-order chi connectivity index (χ0) is 15.4. The number of nitrogens with zero attached hydrogens (tertiary/aromatic N) is 2. The van der Waals surface area contributed by atoms with Crippen molar-refractivity contribution in [2.75, 3.05) is 51.3 Å². The van der Waals surface area contributed by atoms with Crippen LogP contribution in [0, 0.1) is 12.8 Å². The van der Waals surface area contributed by atoms with E-state index in [2.05, 4.69) is 22.2 Å². The van der Waals surface area contributed by atoms with Crippen molar-refractivity contribution in [2.45, 2.75) is 13.3 Å². The Labute approximate surface area is 127 Å². The van der Waals surface area contributed by atoms with Crippen LogP contribution in [0.2, 0.25) is 0 Å². The maximum atomic E-state index is 12.1. The number of likely N-dealkylation sites (N-methyl/N-ethyl adjacent to an activating group) is 1. The standard InChI is InChI=1S/C16H26N4O/c1-12-8-14(17)4-5-15(12)18-16(21)11-20(3)10-13-6-7-19(2)9-13/h4-5,8,13H,6-7,9-11,17H2,1-3H3,(H,18,21). The van der Waals surface area contributed by atoms with Gasteiger partial charge in [-0.1, -0.05) is 0 Å². The van der Waals surface area contributed by atoms with Crippen LogP contribution in [-0.2, 0) is 4.79 Å². The van der Waals surface area contributed by atoms with Gasteiger partial charge >= 0.3 is 0 Å². The third-order valence-electron chi connectivity index (χ3n) is 4.00. The van der Waals surface area contributed by atoms with Gasteiger partial charge in [-0.15, -0.1) is 0 Å². The smallest absolute Gasteiger partial charge is 0.238 e. The van der Waals surface area contributed by atoms with Gasteiger partial charge in [0.25, 0.3) is 0 Å².